The molecule has 8 nitrogen and oxygen atoms in total. The molecule has 11 heteroatoms. The highest BCUT2D eigenvalue weighted by Crippen LogP contribution is 2.29. The van der Waals surface area contributed by atoms with E-state index in [1.807, 2.05) is 43.3 Å². The molecule has 0 radical (unpaired) electrons. The lowest BCUT2D eigenvalue weighted by Crippen LogP contribution is -2.31. The largest absolute Gasteiger partial charge is 0.356 e. The van der Waals surface area contributed by atoms with Crippen LogP contribution in [0.5, 0.6) is 0 Å². The van der Waals surface area contributed by atoms with Crippen molar-refractivity contribution in [1.82, 2.24) is 35.2 Å². The average Bonchev–Trinajstić information content (AvgIpc) is 2.81. The number of nitrogens with zero attached hydrogens (tertiary/aromatic N) is 6. The highest BCUT2D eigenvalue weighted by Gasteiger charge is 2.13. The number of anilines is 1. The molecule has 1 unspecified atom stereocenters. The van der Waals surface area contributed by atoms with Crippen LogP contribution in [0, 0.1) is 0 Å². The van der Waals surface area contributed by atoms with Crippen molar-refractivity contribution in [3.05, 3.63) is 78.9 Å². The summed E-state index contributed by atoms with van der Waals surface area (Å²) in [6, 6.07) is 15.5. The SMILES string of the molecule is CC(NC(=S)Nc1nc(Sc2ncccn2)cc(Sc2ncccn2)n1)c1ccccc1. The lowest BCUT2D eigenvalue weighted by atomic mass is 10.1. The molecule has 4 aromatic rings. The van der Waals surface area contributed by atoms with Crippen molar-refractivity contribution in [2.24, 2.45) is 0 Å². The van der Waals surface area contributed by atoms with E-state index in [-0.39, 0.29) is 6.04 Å². The predicted octanol–water partition coefficient (Wildman–Crippen LogP) is 4.41. The zero-order chi connectivity index (χ0) is 22.2. The van der Waals surface area contributed by atoms with Crippen LogP contribution < -0.4 is 10.6 Å². The molecule has 0 aliphatic carbocycles. The summed E-state index contributed by atoms with van der Waals surface area (Å²) in [4.78, 5) is 26.1. The summed E-state index contributed by atoms with van der Waals surface area (Å²) < 4.78 is 0. The van der Waals surface area contributed by atoms with Crippen molar-refractivity contribution in [2.45, 2.75) is 33.3 Å². The van der Waals surface area contributed by atoms with Crippen LogP contribution in [0.15, 0.2) is 93.7 Å². The van der Waals surface area contributed by atoms with E-state index >= 15 is 0 Å². The molecule has 4 rings (SSSR count). The summed E-state index contributed by atoms with van der Waals surface area (Å²) in [6.07, 6.45) is 6.75. The minimum Gasteiger partial charge on any atom is -0.356 e. The summed E-state index contributed by atoms with van der Waals surface area (Å²) in [7, 11) is 0. The predicted molar refractivity (Wildman–Crippen MR) is 129 cm³/mol. The van der Waals surface area contributed by atoms with Crippen LogP contribution in [0.1, 0.15) is 18.5 Å². The number of hydrogen-bond acceptors (Lipinski definition) is 9. The third kappa shape index (κ3) is 6.42. The van der Waals surface area contributed by atoms with Gasteiger partial charge in [-0.2, -0.15) is 0 Å². The number of benzene rings is 1. The molecule has 0 fully saturated rings. The fourth-order valence-corrected chi connectivity index (χ4v) is 4.36. The summed E-state index contributed by atoms with van der Waals surface area (Å²) in [6.45, 7) is 2.04. The second kappa shape index (κ2) is 10.9. The van der Waals surface area contributed by atoms with Crippen LogP contribution in [-0.4, -0.2) is 35.0 Å². The van der Waals surface area contributed by atoms with E-state index in [1.54, 1.807) is 36.9 Å². The number of thiocarbonyl (C=S) groups is 1. The first-order valence-electron chi connectivity index (χ1n) is 9.57. The zero-order valence-electron chi connectivity index (χ0n) is 16.9. The molecule has 1 aromatic carbocycles. The van der Waals surface area contributed by atoms with Gasteiger partial charge in [-0.15, -0.1) is 0 Å². The van der Waals surface area contributed by atoms with Gasteiger partial charge in [0.15, 0.2) is 15.4 Å². The van der Waals surface area contributed by atoms with E-state index in [1.165, 1.54) is 23.5 Å². The first-order valence-corrected chi connectivity index (χ1v) is 11.6. The molecule has 0 aliphatic heterocycles. The van der Waals surface area contributed by atoms with Crippen molar-refractivity contribution in [1.29, 1.82) is 0 Å². The van der Waals surface area contributed by atoms with Crippen molar-refractivity contribution in [3.63, 3.8) is 0 Å². The molecule has 160 valence electrons. The Hall–Kier alpha value is -3.15. The van der Waals surface area contributed by atoms with E-state index < -0.39 is 0 Å². The van der Waals surface area contributed by atoms with Crippen LogP contribution in [-0.2, 0) is 0 Å². The normalized spacial score (nSPS) is 11.5. The molecular weight excluding hydrogens is 460 g/mol. The molecule has 0 amide bonds. The highest BCUT2D eigenvalue weighted by atomic mass is 32.2. The van der Waals surface area contributed by atoms with E-state index in [9.17, 15) is 0 Å². The Bertz CT molecular complexity index is 1100. The molecule has 0 spiro atoms. The summed E-state index contributed by atoms with van der Waals surface area (Å²) >= 11 is 8.16. The molecule has 32 heavy (non-hydrogen) atoms. The zero-order valence-corrected chi connectivity index (χ0v) is 19.4. The van der Waals surface area contributed by atoms with Gasteiger partial charge in [0.25, 0.3) is 0 Å². The van der Waals surface area contributed by atoms with E-state index in [4.69, 9.17) is 12.2 Å². The van der Waals surface area contributed by atoms with Gasteiger partial charge in [-0.25, -0.2) is 29.9 Å². The molecule has 0 saturated carbocycles. The quantitative estimate of drug-likeness (QED) is 0.224. The fourth-order valence-electron chi connectivity index (χ4n) is 2.59. The van der Waals surface area contributed by atoms with Crippen molar-refractivity contribution in [3.8, 4) is 0 Å². The van der Waals surface area contributed by atoms with Crippen LogP contribution >= 0.6 is 35.7 Å². The summed E-state index contributed by atoms with van der Waals surface area (Å²) in [5.74, 6) is 0.363. The Kier molecular flexibility index (Phi) is 7.54. The van der Waals surface area contributed by atoms with Gasteiger partial charge in [-0.05, 0) is 60.4 Å². The minimum absolute atomic E-state index is 0.0260. The van der Waals surface area contributed by atoms with Crippen LogP contribution in [0.25, 0.3) is 0 Å². The monoisotopic (exact) mass is 478 g/mol. The maximum absolute atomic E-state index is 5.49. The molecule has 0 saturated heterocycles. The smallest absolute Gasteiger partial charge is 0.231 e. The Labute approximate surface area is 199 Å². The van der Waals surface area contributed by atoms with Gasteiger partial charge >= 0.3 is 0 Å². The van der Waals surface area contributed by atoms with Crippen LogP contribution in [0.3, 0.4) is 0 Å². The highest BCUT2D eigenvalue weighted by molar-refractivity contribution is 7.99. The number of hydrogen-bond donors (Lipinski definition) is 2. The minimum atomic E-state index is 0.0260. The standard InChI is InChI=1S/C21H18N8S3/c1-14(15-7-3-2-4-8-15)26-19(30)29-18-27-16(31-20-22-9-5-10-23-20)13-17(28-18)32-21-24-11-6-12-25-21/h2-14H,1H3,(H2,26,27,28,29,30). The molecular formula is C21H18N8S3. The molecule has 0 bridgehead atoms. The fraction of sp³-hybridized carbons (Fsp3) is 0.0952. The van der Waals surface area contributed by atoms with Crippen molar-refractivity contribution < 1.29 is 0 Å². The second-order valence-corrected chi connectivity index (χ2v) is 8.75. The lowest BCUT2D eigenvalue weighted by Gasteiger charge is -2.17. The van der Waals surface area contributed by atoms with Crippen LogP contribution in [0.2, 0.25) is 0 Å². The van der Waals surface area contributed by atoms with Gasteiger partial charge in [0.2, 0.25) is 5.95 Å². The molecule has 3 heterocycles. The molecule has 2 N–H and O–H groups in total. The molecule has 1 atom stereocenters. The molecule has 0 aliphatic rings. The Balaban J connectivity index is 1.53. The lowest BCUT2D eigenvalue weighted by molar-refractivity contribution is 0.722. The summed E-state index contributed by atoms with van der Waals surface area (Å²) in [5, 5.41) is 9.28. The molecule has 3 aromatic heterocycles. The number of nitrogens with one attached hydrogen (secondary N) is 2. The van der Waals surface area contributed by atoms with E-state index in [0.717, 1.165) is 5.56 Å². The maximum atomic E-state index is 5.49. The van der Waals surface area contributed by atoms with Gasteiger partial charge in [0.05, 0.1) is 6.04 Å². The van der Waals surface area contributed by atoms with Crippen molar-refractivity contribution >= 4 is 46.8 Å². The van der Waals surface area contributed by atoms with E-state index in [2.05, 4.69) is 40.5 Å². The Morgan fingerprint density at radius 2 is 1.34 bits per heavy atom. The Morgan fingerprint density at radius 3 is 1.88 bits per heavy atom. The second-order valence-electron chi connectivity index (χ2n) is 6.37. The van der Waals surface area contributed by atoms with Gasteiger partial charge in [-0.1, -0.05) is 30.3 Å². The first kappa shape index (κ1) is 22.1. The third-order valence-corrected chi connectivity index (χ3v) is 5.87. The number of aromatic nitrogens is 6. The van der Waals surface area contributed by atoms with Gasteiger partial charge in [0.1, 0.15) is 10.1 Å². The third-order valence-electron chi connectivity index (χ3n) is 4.03. The van der Waals surface area contributed by atoms with Crippen LogP contribution in [0.4, 0.5) is 5.95 Å². The van der Waals surface area contributed by atoms with Gasteiger partial charge in [-0.3, -0.25) is 0 Å². The maximum Gasteiger partial charge on any atom is 0.231 e. The van der Waals surface area contributed by atoms with Gasteiger partial charge < -0.3 is 10.6 Å². The topological polar surface area (TPSA) is 101 Å². The summed E-state index contributed by atoms with van der Waals surface area (Å²) in [5.41, 5.74) is 1.13. The first-order chi connectivity index (χ1) is 15.7. The average molecular weight is 479 g/mol. The van der Waals surface area contributed by atoms with Crippen molar-refractivity contribution in [2.75, 3.05) is 5.32 Å². The number of rotatable bonds is 7. The Morgan fingerprint density at radius 1 is 0.812 bits per heavy atom. The van der Waals surface area contributed by atoms with E-state index in [0.29, 0.717) is 31.4 Å². The van der Waals surface area contributed by atoms with Gasteiger partial charge in [0, 0.05) is 30.9 Å².